The molecule has 78 valence electrons. The molecule has 0 bridgehead atoms. The highest BCUT2D eigenvalue weighted by Crippen LogP contribution is 2.26. The summed E-state index contributed by atoms with van der Waals surface area (Å²) in [5.74, 6) is 0. The van der Waals surface area contributed by atoms with Crippen LogP contribution in [-0.2, 0) is 0 Å². The summed E-state index contributed by atoms with van der Waals surface area (Å²) in [6, 6.07) is 7.22. The molecule has 0 radical (unpaired) electrons. The van der Waals surface area contributed by atoms with Crippen molar-refractivity contribution in [3.8, 4) is 0 Å². The molecule has 0 saturated carbocycles. The Morgan fingerprint density at radius 1 is 1.36 bits per heavy atom. The van der Waals surface area contributed by atoms with E-state index >= 15 is 0 Å². The third-order valence-corrected chi connectivity index (χ3v) is 2.98. The zero-order chi connectivity index (χ0) is 9.26. The Bertz CT molecular complexity index is 288. The van der Waals surface area contributed by atoms with E-state index in [9.17, 15) is 0 Å². The summed E-state index contributed by atoms with van der Waals surface area (Å²) in [6.45, 7) is 3.30. The van der Waals surface area contributed by atoms with Crippen LogP contribution in [0, 0.1) is 6.92 Å². The summed E-state index contributed by atoms with van der Waals surface area (Å²) >= 11 is 3.53. The van der Waals surface area contributed by atoms with Crippen LogP contribution in [0.15, 0.2) is 22.7 Å². The van der Waals surface area contributed by atoms with Crippen molar-refractivity contribution in [1.29, 1.82) is 0 Å². The van der Waals surface area contributed by atoms with Gasteiger partial charge in [0.2, 0.25) is 0 Å². The number of hydrogen-bond donors (Lipinski definition) is 1. The third-order valence-electron chi connectivity index (χ3n) is 2.53. The van der Waals surface area contributed by atoms with E-state index < -0.39 is 0 Å². The highest BCUT2D eigenvalue weighted by atomic mass is 79.9. The number of nitrogens with one attached hydrogen (secondary N) is 1. The monoisotopic (exact) mass is 275 g/mol. The molecule has 0 aliphatic carbocycles. The van der Waals surface area contributed by atoms with Gasteiger partial charge in [-0.3, -0.25) is 0 Å². The molecule has 3 heteroatoms. The van der Waals surface area contributed by atoms with Gasteiger partial charge in [0.1, 0.15) is 0 Å². The van der Waals surface area contributed by atoms with Gasteiger partial charge in [-0.15, -0.1) is 12.4 Å². The smallest absolute Gasteiger partial charge is 0.0321 e. The van der Waals surface area contributed by atoms with Crippen molar-refractivity contribution < 1.29 is 0 Å². The van der Waals surface area contributed by atoms with Crippen LogP contribution in [-0.4, -0.2) is 6.54 Å². The molecule has 0 amide bonds. The van der Waals surface area contributed by atoms with E-state index in [1.54, 1.807) is 0 Å². The molecule has 0 spiro atoms. The fraction of sp³-hybridized carbons (Fsp3) is 0.455. The molecule has 1 aromatic rings. The first-order valence-electron chi connectivity index (χ1n) is 4.76. The highest BCUT2D eigenvalue weighted by Gasteiger charge is 2.16. The minimum absolute atomic E-state index is 0. The van der Waals surface area contributed by atoms with Gasteiger partial charge in [-0.2, -0.15) is 0 Å². The Morgan fingerprint density at radius 2 is 2.14 bits per heavy atom. The molecule has 1 aromatic carbocycles. The summed E-state index contributed by atoms with van der Waals surface area (Å²) in [5, 5.41) is 3.51. The number of rotatable bonds is 1. The minimum atomic E-state index is 0. The SMILES string of the molecule is Cc1cc(Br)cc(C2CCCN2)c1.Cl. The van der Waals surface area contributed by atoms with Gasteiger partial charge in [-0.25, -0.2) is 0 Å². The maximum Gasteiger partial charge on any atom is 0.0321 e. The van der Waals surface area contributed by atoms with Crippen molar-refractivity contribution in [2.24, 2.45) is 0 Å². The van der Waals surface area contributed by atoms with Crippen LogP contribution in [0.5, 0.6) is 0 Å². The Balaban J connectivity index is 0.000000980. The lowest BCUT2D eigenvalue weighted by atomic mass is 10.0. The Labute approximate surface area is 99.8 Å². The molecule has 1 aliphatic heterocycles. The van der Waals surface area contributed by atoms with Crippen LogP contribution in [0.3, 0.4) is 0 Å². The molecule has 14 heavy (non-hydrogen) atoms. The Morgan fingerprint density at radius 3 is 2.71 bits per heavy atom. The van der Waals surface area contributed by atoms with Crippen LogP contribution in [0.1, 0.15) is 30.0 Å². The number of benzene rings is 1. The van der Waals surface area contributed by atoms with Gasteiger partial charge >= 0.3 is 0 Å². The van der Waals surface area contributed by atoms with Crippen LogP contribution < -0.4 is 5.32 Å². The molecule has 1 unspecified atom stereocenters. The van der Waals surface area contributed by atoms with E-state index in [0.29, 0.717) is 6.04 Å². The van der Waals surface area contributed by atoms with E-state index in [1.807, 2.05) is 0 Å². The predicted octanol–water partition coefficient (Wildman–Crippen LogP) is 3.60. The van der Waals surface area contributed by atoms with Gasteiger partial charge in [0.05, 0.1) is 0 Å². The van der Waals surface area contributed by atoms with Crippen molar-refractivity contribution in [3.63, 3.8) is 0 Å². The highest BCUT2D eigenvalue weighted by molar-refractivity contribution is 9.10. The van der Waals surface area contributed by atoms with E-state index in [1.165, 1.54) is 28.4 Å². The predicted molar refractivity (Wildman–Crippen MR) is 66.1 cm³/mol. The molecule has 1 atom stereocenters. The van der Waals surface area contributed by atoms with Crippen LogP contribution >= 0.6 is 28.3 Å². The quantitative estimate of drug-likeness (QED) is 0.826. The van der Waals surface area contributed by atoms with Gasteiger partial charge in [0.25, 0.3) is 0 Å². The van der Waals surface area contributed by atoms with Gasteiger partial charge in [0.15, 0.2) is 0 Å². The van der Waals surface area contributed by atoms with E-state index in [-0.39, 0.29) is 12.4 Å². The van der Waals surface area contributed by atoms with Crippen molar-refractivity contribution in [1.82, 2.24) is 5.32 Å². The van der Waals surface area contributed by atoms with Gasteiger partial charge in [0, 0.05) is 10.5 Å². The first-order chi connectivity index (χ1) is 6.25. The topological polar surface area (TPSA) is 12.0 Å². The maximum absolute atomic E-state index is 3.53. The molecule has 1 saturated heterocycles. The maximum atomic E-state index is 3.53. The van der Waals surface area contributed by atoms with Crippen molar-refractivity contribution in [2.45, 2.75) is 25.8 Å². The summed E-state index contributed by atoms with van der Waals surface area (Å²) in [5.41, 5.74) is 2.75. The molecular formula is C11H15BrClN. The van der Waals surface area contributed by atoms with Crippen LogP contribution in [0.25, 0.3) is 0 Å². The fourth-order valence-electron chi connectivity index (χ4n) is 1.93. The molecule has 1 nitrogen and oxygen atoms in total. The van der Waals surface area contributed by atoms with Crippen LogP contribution in [0.4, 0.5) is 0 Å². The van der Waals surface area contributed by atoms with Crippen molar-refractivity contribution in [3.05, 3.63) is 33.8 Å². The normalized spacial score (nSPS) is 20.6. The average molecular weight is 277 g/mol. The number of hydrogen-bond acceptors (Lipinski definition) is 1. The van der Waals surface area contributed by atoms with Gasteiger partial charge < -0.3 is 5.32 Å². The van der Waals surface area contributed by atoms with E-state index in [4.69, 9.17) is 0 Å². The molecule has 1 aliphatic rings. The first kappa shape index (κ1) is 12.0. The van der Waals surface area contributed by atoms with Crippen molar-refractivity contribution >= 4 is 28.3 Å². The van der Waals surface area contributed by atoms with Crippen molar-refractivity contribution in [2.75, 3.05) is 6.54 Å². The lowest BCUT2D eigenvalue weighted by Gasteiger charge is -2.11. The lowest BCUT2D eigenvalue weighted by Crippen LogP contribution is -2.12. The molecule has 2 rings (SSSR count). The molecule has 0 aromatic heterocycles. The first-order valence-corrected chi connectivity index (χ1v) is 5.55. The summed E-state index contributed by atoms with van der Waals surface area (Å²) in [7, 11) is 0. The molecule has 1 fully saturated rings. The average Bonchev–Trinajstić information content (AvgIpc) is 2.53. The Hall–Kier alpha value is -0.0500. The zero-order valence-electron chi connectivity index (χ0n) is 8.22. The largest absolute Gasteiger partial charge is 0.310 e. The molecule has 1 N–H and O–H groups in total. The minimum Gasteiger partial charge on any atom is -0.310 e. The summed E-state index contributed by atoms with van der Waals surface area (Å²) in [4.78, 5) is 0. The Kier molecular flexibility index (Phi) is 4.42. The number of aryl methyl sites for hydroxylation is 1. The summed E-state index contributed by atoms with van der Waals surface area (Å²) in [6.07, 6.45) is 2.58. The fourth-order valence-corrected chi connectivity index (χ4v) is 2.56. The summed E-state index contributed by atoms with van der Waals surface area (Å²) < 4.78 is 1.19. The molecular weight excluding hydrogens is 261 g/mol. The zero-order valence-corrected chi connectivity index (χ0v) is 10.6. The third kappa shape index (κ3) is 2.72. The van der Waals surface area contributed by atoms with E-state index in [0.717, 1.165) is 6.54 Å². The van der Waals surface area contributed by atoms with Gasteiger partial charge in [-0.05, 0) is 49.6 Å². The van der Waals surface area contributed by atoms with Crippen LogP contribution in [0.2, 0.25) is 0 Å². The lowest BCUT2D eigenvalue weighted by molar-refractivity contribution is 0.647. The standard InChI is InChI=1S/C11H14BrN.ClH/c1-8-5-9(7-10(12)6-8)11-3-2-4-13-11;/h5-7,11,13H,2-4H2,1H3;1H. The second-order valence-electron chi connectivity index (χ2n) is 3.71. The second kappa shape index (κ2) is 5.15. The number of halogens is 2. The van der Waals surface area contributed by atoms with E-state index in [2.05, 4.69) is 46.4 Å². The molecule has 1 heterocycles. The van der Waals surface area contributed by atoms with Gasteiger partial charge in [-0.1, -0.05) is 22.0 Å². The second-order valence-corrected chi connectivity index (χ2v) is 4.63.